The van der Waals surface area contributed by atoms with Crippen LogP contribution in [0, 0.1) is 17.1 Å². The molecule has 0 spiro atoms. The zero-order valence-corrected chi connectivity index (χ0v) is 75.5. The lowest BCUT2D eigenvalue weighted by molar-refractivity contribution is 0.0169. The predicted molar refractivity (Wildman–Crippen MR) is 513 cm³/mol. The normalized spacial score (nSPS) is 18.1. The van der Waals surface area contributed by atoms with E-state index in [0.717, 1.165) is 201 Å². The number of hydrogen-bond donors (Lipinski definition) is 1. The molecule has 0 radical (unpaired) electrons. The third-order valence-electron chi connectivity index (χ3n) is 26.5. The molecule has 0 amide bonds. The third kappa shape index (κ3) is 20.2. The van der Waals surface area contributed by atoms with Crippen LogP contribution in [-0.4, -0.2) is 173 Å². The molecule has 0 aliphatic carbocycles. The van der Waals surface area contributed by atoms with Crippen molar-refractivity contribution in [2.24, 2.45) is 25.0 Å². The van der Waals surface area contributed by atoms with Crippen molar-refractivity contribution >= 4 is 55.9 Å². The maximum atomic E-state index is 14.8. The molecule has 662 valence electrons. The van der Waals surface area contributed by atoms with Gasteiger partial charge in [0.25, 0.3) is 0 Å². The number of aryl methyl sites for hydroxylation is 9. The van der Waals surface area contributed by atoms with Crippen LogP contribution in [0.1, 0.15) is 141 Å². The predicted octanol–water partition coefficient (Wildman–Crippen LogP) is 19.4. The molecule has 22 rings (SSSR count). The zero-order valence-electron chi connectivity index (χ0n) is 73.9. The van der Waals surface area contributed by atoms with Crippen LogP contribution in [0.15, 0.2) is 260 Å². The number of nitrogens with zero attached hydrogens (tertiary/aromatic N) is 10. The van der Waals surface area contributed by atoms with Gasteiger partial charge < -0.3 is 62.8 Å². The summed E-state index contributed by atoms with van der Waals surface area (Å²) in [6.45, 7) is 10.4. The van der Waals surface area contributed by atoms with Gasteiger partial charge in [0.1, 0.15) is 47.0 Å². The van der Waals surface area contributed by atoms with Gasteiger partial charge in [0, 0.05) is 72.1 Å². The molecule has 4 atom stereocenters. The molecule has 11 aliphatic heterocycles. The van der Waals surface area contributed by atoms with Gasteiger partial charge in [-0.25, -0.2) is 4.39 Å². The number of hydrogen-bond acceptors (Lipinski definition) is 19. The Hall–Kier alpha value is -12.5. The lowest BCUT2D eigenvalue weighted by Crippen LogP contribution is -2.41. The minimum atomic E-state index is -0.257. The maximum Gasteiger partial charge on any atom is 0.231 e. The lowest BCUT2D eigenvalue weighted by atomic mass is 9.96. The van der Waals surface area contributed by atoms with Gasteiger partial charge in [0.05, 0.1) is 70.4 Å². The molecular weight excluding hydrogens is 1680 g/mol. The number of methoxy groups -OCH3 is 2. The zero-order chi connectivity index (χ0) is 87.6. The Morgan fingerprint density at radius 3 is 1.39 bits per heavy atom. The van der Waals surface area contributed by atoms with Gasteiger partial charge in [0.2, 0.25) is 20.4 Å². The van der Waals surface area contributed by atoms with E-state index in [1.54, 1.807) is 26.4 Å². The second kappa shape index (κ2) is 42.2. The second-order valence-corrected chi connectivity index (χ2v) is 35.1. The molecule has 3 unspecified atom stereocenters. The number of halogens is 2. The Morgan fingerprint density at radius 1 is 0.419 bits per heavy atom. The smallest absolute Gasteiger partial charge is 0.231 e. The minimum absolute atomic E-state index is 0.148. The third-order valence-corrected chi connectivity index (χ3v) is 27.0. The molecule has 129 heavy (non-hydrogen) atoms. The molecule has 11 aromatic rings. The highest BCUT2D eigenvalue weighted by atomic mass is 79.9. The van der Waals surface area contributed by atoms with Gasteiger partial charge >= 0.3 is 0 Å². The first-order valence-corrected chi connectivity index (χ1v) is 46.9. The molecule has 0 saturated carbocycles. The Balaban J connectivity index is 0.000000109. The molecule has 0 aromatic heterocycles. The number of piperidine rings is 2. The number of fused-ring (bicyclic) bond motifs is 7. The topological polar surface area (TPSA) is 184 Å². The van der Waals surface area contributed by atoms with Crippen LogP contribution in [0.4, 0.5) is 4.39 Å². The van der Waals surface area contributed by atoms with E-state index in [2.05, 4.69) is 210 Å². The lowest BCUT2D eigenvalue weighted by Gasteiger charge is -2.32. The monoisotopic (exact) mass is 1790 g/mol. The average Bonchev–Trinajstić information content (AvgIpc) is 1.66. The molecular formula is C108H113BrFN11O8. The van der Waals surface area contributed by atoms with Crippen LogP contribution < -0.4 is 38.5 Å². The largest absolute Gasteiger partial charge is 0.496 e. The van der Waals surface area contributed by atoms with E-state index in [4.69, 9.17) is 63.1 Å². The van der Waals surface area contributed by atoms with Crippen molar-refractivity contribution in [3.63, 3.8) is 0 Å². The van der Waals surface area contributed by atoms with Crippen molar-refractivity contribution in [2.45, 2.75) is 146 Å². The summed E-state index contributed by atoms with van der Waals surface area (Å²) in [4.78, 5) is 33.4. The van der Waals surface area contributed by atoms with Crippen LogP contribution >= 0.6 is 15.9 Å². The molecule has 0 bridgehead atoms. The van der Waals surface area contributed by atoms with E-state index in [-0.39, 0.29) is 12.0 Å². The highest BCUT2D eigenvalue weighted by Crippen LogP contribution is 2.41. The number of aliphatic imine (C=N–C) groups is 5. The summed E-state index contributed by atoms with van der Waals surface area (Å²) in [5.74, 6) is 11.4. The van der Waals surface area contributed by atoms with Crippen LogP contribution in [-0.2, 0) is 68.9 Å². The molecule has 11 heterocycles. The van der Waals surface area contributed by atoms with Crippen molar-refractivity contribution in [1.82, 2.24) is 24.9 Å². The Kier molecular flexibility index (Phi) is 28.5. The van der Waals surface area contributed by atoms with Crippen molar-refractivity contribution in [3.05, 3.63) is 324 Å². The number of nitrogens with one attached hydrogen (secondary N) is 1. The Labute approximate surface area is 765 Å². The second-order valence-electron chi connectivity index (χ2n) is 34.2. The summed E-state index contributed by atoms with van der Waals surface area (Å²) in [5.41, 5.74) is 18.1. The summed E-state index contributed by atoms with van der Waals surface area (Å²) in [6, 6.07) is 83.2. The van der Waals surface area contributed by atoms with E-state index >= 15 is 0 Å². The molecule has 21 heteroatoms. The number of benzene rings is 11. The van der Waals surface area contributed by atoms with Crippen molar-refractivity contribution in [2.75, 3.05) is 100 Å². The van der Waals surface area contributed by atoms with Gasteiger partial charge in [0.15, 0.2) is 34.5 Å². The first kappa shape index (κ1) is 87.2. The summed E-state index contributed by atoms with van der Waals surface area (Å²) in [6.07, 6.45) is 19.2. The minimum Gasteiger partial charge on any atom is -0.496 e. The fraction of sp³-hybridized carbons (Fsp3) is 0.352. The number of nitriles is 1. The quantitative estimate of drug-likeness (QED) is 0.0602. The first-order valence-electron chi connectivity index (χ1n) is 46.2. The fourth-order valence-corrected chi connectivity index (χ4v) is 20.4. The number of para-hydroxylation sites is 3. The van der Waals surface area contributed by atoms with Crippen LogP contribution in [0.2, 0.25) is 0 Å². The van der Waals surface area contributed by atoms with Gasteiger partial charge in [-0.15, -0.1) is 0 Å². The van der Waals surface area contributed by atoms with E-state index in [1.807, 2.05) is 60.7 Å². The maximum absolute atomic E-state index is 14.8. The highest BCUT2D eigenvalue weighted by molar-refractivity contribution is 9.10. The van der Waals surface area contributed by atoms with E-state index in [9.17, 15) is 4.39 Å². The highest BCUT2D eigenvalue weighted by Gasteiger charge is 2.37. The number of ether oxygens (including phenoxy) is 8. The summed E-state index contributed by atoms with van der Waals surface area (Å²) in [5, 5.41) is 15.1. The molecule has 3 saturated heterocycles. The Morgan fingerprint density at radius 2 is 0.853 bits per heavy atom. The van der Waals surface area contributed by atoms with Crippen molar-refractivity contribution in [1.29, 1.82) is 5.26 Å². The van der Waals surface area contributed by atoms with Gasteiger partial charge in [-0.1, -0.05) is 204 Å². The molecule has 1 N–H and O–H groups in total. The van der Waals surface area contributed by atoms with Gasteiger partial charge in [-0.3, -0.25) is 25.0 Å². The van der Waals surface area contributed by atoms with Crippen molar-refractivity contribution < 1.29 is 42.3 Å². The van der Waals surface area contributed by atoms with E-state index < -0.39 is 0 Å². The number of amidine groups is 5. The SMILES string of the molecule is COC(CC#N)N1CCN=C1c1ccccc1CCc1cccc2ccccc12.COc1ccc(Br)cc1CCc1c(F)cccc1C1=NCC2CCCCN12.c1ccc(C2=NCC3CCCCN23)c(CCc2cccc3c2OCO3)c1.c1ccc(C2=NCCN2)c(CCc2cccc3c2OCO3)c1.c1ccc(C2=NC[C@@H]3CCCN23)c(CCc2cccc3c2OCO3)c1. The van der Waals surface area contributed by atoms with Crippen molar-refractivity contribution in [3.8, 4) is 46.3 Å². The fourth-order valence-electron chi connectivity index (χ4n) is 20.0. The number of rotatable bonds is 24. The Bertz CT molecular complexity index is 6000. The summed E-state index contributed by atoms with van der Waals surface area (Å²) in [7, 11) is 3.33. The van der Waals surface area contributed by atoms with Crippen LogP contribution in [0.25, 0.3) is 10.8 Å². The van der Waals surface area contributed by atoms with E-state index in [0.29, 0.717) is 57.8 Å². The molecule has 11 aliphatic rings. The molecule has 11 aromatic carbocycles. The van der Waals surface area contributed by atoms with Crippen LogP contribution in [0.3, 0.4) is 0 Å². The molecule has 3 fully saturated rings. The van der Waals surface area contributed by atoms with E-state index in [1.165, 1.54) is 135 Å². The standard InChI is InChI=1S/C25H25N3O.C22H24BrFN2O.C22H24N2O2.C21H22N2O2.C18H18N2O2/c1-29-24(15-16-26)28-18-17-27-25(28)23-12-5-3-8-21(23)14-13-20-10-6-9-19-7-2-4-11-22(19)20;1-27-21-11-9-16(23)13-15(21)8-10-18-19(6-4-7-20(18)24)22-25-14-17-5-2-3-12-26(17)22;1-2-9-19(22-23-14-18-8-3-4-13-24(18)22)16(6-1)11-12-17-7-5-10-20-21(17)26-15-25-20;1-2-8-18(21-22-13-17-7-4-12-23(17)21)15(5-1)10-11-16-6-3-9-19-20(16)25-14-24-19;1-2-6-15(18-19-10-11-20-18)13(4-1)8-9-14-5-3-7-16-17(14)22-12-21-16/h2-12,24H,13-15,17-18H2,1H3;4,6-7,9,11,13,17H,2-3,5,8,10,12,14H2,1H3;1-2,5-7,9-10,18H,3-4,8,11-15H2;1-3,5-6,8-9,17H,4,7,10-14H2;1-7H,8-12H2,(H,19,20)/t;;;17-;/m...0./s1. The summed E-state index contributed by atoms with van der Waals surface area (Å²) < 4.78 is 60.2. The average molecular weight is 1790 g/mol. The van der Waals surface area contributed by atoms with Crippen LogP contribution in [0.5, 0.6) is 40.2 Å². The molecule has 19 nitrogen and oxygen atoms in total. The van der Waals surface area contributed by atoms with Gasteiger partial charge in [-0.05, 0) is 224 Å². The van der Waals surface area contributed by atoms with Gasteiger partial charge in [-0.2, -0.15) is 5.26 Å². The summed E-state index contributed by atoms with van der Waals surface area (Å²) >= 11 is 3.52. The first-order chi connectivity index (χ1) is 63.7.